The number of ketones is 1. The highest BCUT2D eigenvalue weighted by molar-refractivity contribution is 6.01. The molecule has 1 aliphatic heterocycles. The number of hydrogen-bond acceptors (Lipinski definition) is 13. The zero-order valence-electron chi connectivity index (χ0n) is 18.5. The number of carbonyl (C=O) groups is 2. The lowest BCUT2D eigenvalue weighted by Crippen LogP contribution is -2.59. The number of carbonyl (C=O) groups excluding carboxylic acids is 2. The highest BCUT2D eigenvalue weighted by Crippen LogP contribution is 2.43. The molecule has 1 aliphatic carbocycles. The minimum Gasteiger partial charge on any atom is -0.508 e. The van der Waals surface area contributed by atoms with Crippen LogP contribution in [0.15, 0.2) is 24.3 Å². The van der Waals surface area contributed by atoms with Gasteiger partial charge >= 0.3 is 5.97 Å². The van der Waals surface area contributed by atoms with E-state index < -0.39 is 72.4 Å². The third-order valence-corrected chi connectivity index (χ3v) is 6.09. The largest absolute Gasteiger partial charge is 0.508 e. The summed E-state index contributed by atoms with van der Waals surface area (Å²) in [7, 11) is 0. The number of ether oxygens (including phenoxy) is 3. The summed E-state index contributed by atoms with van der Waals surface area (Å²) in [5.41, 5.74) is -0.485. The molecule has 0 unspecified atom stereocenters. The molecular formula is C23H24O13. The fourth-order valence-electron chi connectivity index (χ4n) is 4.18. The summed E-state index contributed by atoms with van der Waals surface area (Å²) in [6.07, 6.45) is -9.29. The Balaban J connectivity index is 1.49. The molecule has 13 heteroatoms. The molecule has 13 nitrogen and oxygen atoms in total. The first-order valence-corrected chi connectivity index (χ1v) is 10.8. The molecule has 0 aromatic heterocycles. The number of rotatable bonds is 5. The van der Waals surface area contributed by atoms with E-state index in [0.29, 0.717) is 0 Å². The SMILES string of the molecule is O=C(OC[C@H]1O[C@H](O[C@H]2CCC(=O)c3c(O)ccc(O)c32)[C@H](O)[C@@H](O)[C@@H]1O)c1cc(O)c(O)c(O)c1. The lowest BCUT2D eigenvalue weighted by atomic mass is 9.87. The van der Waals surface area contributed by atoms with Crippen LogP contribution in [0.5, 0.6) is 28.7 Å². The molecule has 194 valence electrons. The highest BCUT2D eigenvalue weighted by Gasteiger charge is 2.46. The molecule has 0 spiro atoms. The van der Waals surface area contributed by atoms with Crippen LogP contribution in [-0.4, -0.2) is 89.9 Å². The number of phenols is 5. The molecule has 2 aliphatic rings. The molecule has 1 saturated heterocycles. The number of benzene rings is 2. The fourth-order valence-corrected chi connectivity index (χ4v) is 4.18. The lowest BCUT2D eigenvalue weighted by molar-refractivity contribution is -0.312. The first kappa shape index (κ1) is 25.5. The third-order valence-electron chi connectivity index (χ3n) is 6.09. The van der Waals surface area contributed by atoms with Crippen LogP contribution in [0.2, 0.25) is 0 Å². The first-order valence-electron chi connectivity index (χ1n) is 10.8. The van der Waals surface area contributed by atoms with Crippen molar-refractivity contribution in [1.82, 2.24) is 0 Å². The molecule has 0 radical (unpaired) electrons. The Morgan fingerprint density at radius 3 is 2.22 bits per heavy atom. The van der Waals surface area contributed by atoms with Crippen molar-refractivity contribution in [1.29, 1.82) is 0 Å². The van der Waals surface area contributed by atoms with Gasteiger partial charge < -0.3 is 55.1 Å². The zero-order chi connectivity index (χ0) is 26.3. The summed E-state index contributed by atoms with van der Waals surface area (Å²) in [5, 5.41) is 79.8. The molecule has 8 N–H and O–H groups in total. The van der Waals surface area contributed by atoms with Crippen molar-refractivity contribution in [3.63, 3.8) is 0 Å². The van der Waals surface area contributed by atoms with Gasteiger partial charge in [0.25, 0.3) is 0 Å². The van der Waals surface area contributed by atoms with E-state index in [1.165, 1.54) is 6.07 Å². The fraction of sp³-hybridized carbons (Fsp3) is 0.391. The average molecular weight is 508 g/mol. The standard InChI is InChI=1S/C23H24O13/c24-9-1-2-11(26)17-14(4-3-10(25)16(9)17)35-23-21(32)20(31)19(30)15(36-23)7-34-22(33)8-5-12(27)18(29)13(28)6-8/h1-2,5-6,14-15,19-21,23-24,26-32H,3-4,7H2/t14-,15+,19+,20-,21+,23-/m0/s1. The summed E-state index contributed by atoms with van der Waals surface area (Å²) in [6.45, 7) is -0.655. The van der Waals surface area contributed by atoms with Crippen LogP contribution in [-0.2, 0) is 14.2 Å². The Bertz CT molecular complexity index is 1160. The van der Waals surface area contributed by atoms with Crippen molar-refractivity contribution < 1.29 is 64.7 Å². The minimum absolute atomic E-state index is 0.0161. The number of phenolic OH excluding ortho intramolecular Hbond substituents is 5. The number of esters is 1. The number of aliphatic hydroxyl groups is 3. The van der Waals surface area contributed by atoms with E-state index in [2.05, 4.69) is 0 Å². The monoisotopic (exact) mass is 508 g/mol. The van der Waals surface area contributed by atoms with E-state index in [1.807, 2.05) is 0 Å². The molecule has 0 saturated carbocycles. The van der Waals surface area contributed by atoms with Crippen LogP contribution in [0.1, 0.15) is 45.2 Å². The van der Waals surface area contributed by atoms with Crippen LogP contribution in [0.25, 0.3) is 0 Å². The molecule has 0 bridgehead atoms. The normalized spacial score (nSPS) is 27.9. The van der Waals surface area contributed by atoms with Crippen molar-refractivity contribution in [2.24, 2.45) is 0 Å². The van der Waals surface area contributed by atoms with E-state index in [0.717, 1.165) is 18.2 Å². The van der Waals surface area contributed by atoms with E-state index in [4.69, 9.17) is 14.2 Å². The molecule has 1 heterocycles. The molecule has 2 aromatic rings. The van der Waals surface area contributed by atoms with E-state index in [1.54, 1.807) is 0 Å². The quantitative estimate of drug-likeness (QED) is 0.150. The summed E-state index contributed by atoms with van der Waals surface area (Å²) >= 11 is 0. The second-order valence-electron chi connectivity index (χ2n) is 8.46. The Labute approximate surface area is 203 Å². The van der Waals surface area contributed by atoms with Gasteiger partial charge in [-0.05, 0) is 30.7 Å². The van der Waals surface area contributed by atoms with Gasteiger partial charge in [-0.2, -0.15) is 0 Å². The second kappa shape index (κ2) is 9.79. The van der Waals surface area contributed by atoms with Crippen LogP contribution < -0.4 is 0 Å². The Hall–Kier alpha value is -3.62. The molecule has 1 fully saturated rings. The zero-order valence-corrected chi connectivity index (χ0v) is 18.5. The minimum atomic E-state index is -1.79. The van der Waals surface area contributed by atoms with Gasteiger partial charge in [0.05, 0.1) is 17.2 Å². The van der Waals surface area contributed by atoms with E-state index >= 15 is 0 Å². The van der Waals surface area contributed by atoms with Crippen molar-refractivity contribution >= 4 is 11.8 Å². The van der Waals surface area contributed by atoms with Gasteiger partial charge in [0.15, 0.2) is 29.3 Å². The van der Waals surface area contributed by atoms with Crippen LogP contribution in [0.4, 0.5) is 0 Å². The number of fused-ring (bicyclic) bond motifs is 1. The third kappa shape index (κ3) is 4.62. The number of aromatic hydroxyl groups is 5. The van der Waals surface area contributed by atoms with Crippen LogP contribution >= 0.6 is 0 Å². The maximum atomic E-state index is 12.3. The van der Waals surface area contributed by atoms with Gasteiger partial charge in [0.2, 0.25) is 0 Å². The van der Waals surface area contributed by atoms with Crippen LogP contribution in [0, 0.1) is 0 Å². The Morgan fingerprint density at radius 1 is 0.917 bits per heavy atom. The van der Waals surface area contributed by atoms with Gasteiger partial charge in [-0.25, -0.2) is 4.79 Å². The van der Waals surface area contributed by atoms with Gasteiger partial charge in [0.1, 0.15) is 42.5 Å². The van der Waals surface area contributed by atoms with Gasteiger partial charge in [-0.1, -0.05) is 0 Å². The molecular weight excluding hydrogens is 484 g/mol. The first-order chi connectivity index (χ1) is 17.0. The topological polar surface area (TPSA) is 224 Å². The summed E-state index contributed by atoms with van der Waals surface area (Å²) in [6, 6.07) is 3.99. The molecule has 0 amide bonds. The lowest BCUT2D eigenvalue weighted by Gasteiger charge is -2.41. The van der Waals surface area contributed by atoms with Gasteiger partial charge in [0, 0.05) is 12.0 Å². The molecule has 36 heavy (non-hydrogen) atoms. The number of hydrogen-bond donors (Lipinski definition) is 8. The van der Waals surface area contributed by atoms with Crippen LogP contribution in [0.3, 0.4) is 0 Å². The van der Waals surface area contributed by atoms with E-state index in [9.17, 15) is 50.4 Å². The summed E-state index contributed by atoms with van der Waals surface area (Å²) in [4.78, 5) is 24.6. The van der Waals surface area contributed by atoms with Crippen molar-refractivity contribution in [3.8, 4) is 28.7 Å². The summed E-state index contributed by atoms with van der Waals surface area (Å²) < 4.78 is 16.3. The van der Waals surface area contributed by atoms with Crippen molar-refractivity contribution in [3.05, 3.63) is 41.0 Å². The maximum Gasteiger partial charge on any atom is 0.338 e. The maximum absolute atomic E-state index is 12.3. The predicted molar refractivity (Wildman–Crippen MR) is 116 cm³/mol. The molecule has 4 rings (SSSR count). The smallest absolute Gasteiger partial charge is 0.338 e. The number of Topliss-reactive ketones (excluding diaryl/α,β-unsaturated/α-hetero) is 1. The average Bonchev–Trinajstić information content (AvgIpc) is 2.84. The Kier molecular flexibility index (Phi) is 6.93. The van der Waals surface area contributed by atoms with Gasteiger partial charge in [-0.15, -0.1) is 0 Å². The highest BCUT2D eigenvalue weighted by atomic mass is 16.7. The van der Waals surface area contributed by atoms with Crippen molar-refractivity contribution in [2.45, 2.75) is 49.7 Å². The molecule has 6 atom stereocenters. The van der Waals surface area contributed by atoms with Crippen molar-refractivity contribution in [2.75, 3.05) is 6.61 Å². The van der Waals surface area contributed by atoms with E-state index in [-0.39, 0.29) is 41.0 Å². The predicted octanol–water partition coefficient (Wildman–Crippen LogP) is -0.0866. The second-order valence-corrected chi connectivity index (χ2v) is 8.46. The summed E-state index contributed by atoms with van der Waals surface area (Å²) in [5.74, 6) is -4.58. The molecule has 2 aromatic carbocycles. The number of aliphatic hydroxyl groups excluding tert-OH is 3. The Morgan fingerprint density at radius 2 is 1.56 bits per heavy atom. The van der Waals surface area contributed by atoms with Gasteiger partial charge in [-0.3, -0.25) is 4.79 Å².